The quantitative estimate of drug-likeness (QED) is 0.727. The fourth-order valence-electron chi connectivity index (χ4n) is 0.509. The van der Waals surface area contributed by atoms with Crippen LogP contribution in [0, 0.1) is 0 Å². The van der Waals surface area contributed by atoms with Crippen LogP contribution in [-0.4, -0.2) is 10.9 Å². The number of hydrogen-bond donors (Lipinski definition) is 1. The molecule has 1 aromatic heterocycles. The summed E-state index contributed by atoms with van der Waals surface area (Å²) in [6.45, 7) is 0. The van der Waals surface area contributed by atoms with Crippen molar-refractivity contribution in [3.8, 4) is 0 Å². The monoisotopic (exact) mass is 194 g/mol. The molecule has 0 aliphatic rings. The summed E-state index contributed by atoms with van der Waals surface area (Å²) < 4.78 is 0. The molecule has 1 heterocycles. The fraction of sp³-hybridized carbons (Fsp3) is 0. The molecule has 1 rings (SSSR count). The van der Waals surface area contributed by atoms with Crippen LogP contribution in [0.25, 0.3) is 0 Å². The maximum Gasteiger partial charge on any atom is 0.250 e. The first-order valence-corrected chi connectivity index (χ1v) is 2.50. The Labute approximate surface area is 76.8 Å². The number of carbonyl (C=O) groups is 1. The fourth-order valence-corrected chi connectivity index (χ4v) is 0.509. The van der Waals surface area contributed by atoms with E-state index in [-0.39, 0.29) is 24.8 Å². The predicted octanol–water partition coefficient (Wildman–Crippen LogP) is 1.02. The second kappa shape index (κ2) is 5.95. The van der Waals surface area contributed by atoms with E-state index in [1.807, 2.05) is 0 Å². The lowest BCUT2D eigenvalue weighted by Gasteiger charge is -1.88. The van der Waals surface area contributed by atoms with E-state index in [9.17, 15) is 4.79 Å². The van der Waals surface area contributed by atoms with Crippen molar-refractivity contribution < 1.29 is 4.79 Å². The molecule has 0 spiro atoms. The van der Waals surface area contributed by atoms with E-state index in [0.29, 0.717) is 5.56 Å². The third-order valence-corrected chi connectivity index (χ3v) is 0.946. The third-order valence-electron chi connectivity index (χ3n) is 0.946. The number of aromatic nitrogens is 1. The minimum atomic E-state index is -0.442. The Morgan fingerprint density at radius 1 is 1.45 bits per heavy atom. The maximum atomic E-state index is 10.4. The molecule has 0 unspecified atom stereocenters. The first-order chi connectivity index (χ1) is 4.30. The standard InChI is InChI=1S/C6H6N2O.2ClH/c7-6(9)5-2-1-3-8-4-5;;/h1-4H,(H2,7,9);2*1H. The average molecular weight is 195 g/mol. The van der Waals surface area contributed by atoms with Crippen molar-refractivity contribution in [1.82, 2.24) is 4.98 Å². The van der Waals surface area contributed by atoms with Crippen LogP contribution in [-0.2, 0) is 0 Å². The van der Waals surface area contributed by atoms with Gasteiger partial charge in [-0.2, -0.15) is 0 Å². The van der Waals surface area contributed by atoms with Crippen LogP contribution in [0.5, 0.6) is 0 Å². The zero-order valence-electron chi connectivity index (χ0n) is 5.56. The molecule has 0 aliphatic carbocycles. The molecule has 5 heteroatoms. The van der Waals surface area contributed by atoms with E-state index in [1.165, 1.54) is 6.20 Å². The van der Waals surface area contributed by atoms with Gasteiger partial charge >= 0.3 is 0 Å². The van der Waals surface area contributed by atoms with Crippen LogP contribution in [0.4, 0.5) is 0 Å². The Morgan fingerprint density at radius 2 is 2.09 bits per heavy atom. The van der Waals surface area contributed by atoms with Crippen LogP contribution < -0.4 is 5.73 Å². The van der Waals surface area contributed by atoms with Gasteiger partial charge in [-0.3, -0.25) is 9.78 Å². The van der Waals surface area contributed by atoms with Crippen LogP contribution in [0.2, 0.25) is 0 Å². The molecule has 0 radical (unpaired) electrons. The second-order valence-corrected chi connectivity index (χ2v) is 1.61. The SMILES string of the molecule is Cl.Cl.NC(=O)c1cccnc1. The normalized spacial score (nSPS) is 7.27. The van der Waals surface area contributed by atoms with E-state index in [2.05, 4.69) is 4.98 Å². The highest BCUT2D eigenvalue weighted by Gasteiger charge is 1.94. The molecule has 11 heavy (non-hydrogen) atoms. The summed E-state index contributed by atoms with van der Waals surface area (Å²) in [7, 11) is 0. The summed E-state index contributed by atoms with van der Waals surface area (Å²) in [5.74, 6) is -0.442. The summed E-state index contributed by atoms with van der Waals surface area (Å²) in [6.07, 6.45) is 3.02. The van der Waals surface area contributed by atoms with Crippen molar-refractivity contribution in [2.75, 3.05) is 0 Å². The van der Waals surface area contributed by atoms with Crippen molar-refractivity contribution in [3.05, 3.63) is 30.1 Å². The van der Waals surface area contributed by atoms with E-state index < -0.39 is 5.91 Å². The number of carbonyl (C=O) groups excluding carboxylic acids is 1. The number of nitrogens with two attached hydrogens (primary N) is 1. The molecule has 0 saturated heterocycles. The van der Waals surface area contributed by atoms with Crippen molar-refractivity contribution in [2.24, 2.45) is 5.73 Å². The smallest absolute Gasteiger partial charge is 0.250 e. The van der Waals surface area contributed by atoms with Crippen molar-refractivity contribution in [2.45, 2.75) is 0 Å². The molecule has 62 valence electrons. The lowest BCUT2D eigenvalue weighted by molar-refractivity contribution is 0.1000. The number of halogens is 2. The number of rotatable bonds is 1. The van der Waals surface area contributed by atoms with Gasteiger partial charge in [0.2, 0.25) is 5.91 Å². The maximum absolute atomic E-state index is 10.4. The number of amides is 1. The van der Waals surface area contributed by atoms with E-state index in [1.54, 1.807) is 18.3 Å². The Balaban J connectivity index is 0. The van der Waals surface area contributed by atoms with Gasteiger partial charge in [0.25, 0.3) is 0 Å². The van der Waals surface area contributed by atoms with Crippen LogP contribution in [0.3, 0.4) is 0 Å². The van der Waals surface area contributed by atoms with Crippen molar-refractivity contribution in [3.63, 3.8) is 0 Å². The topological polar surface area (TPSA) is 56.0 Å². The van der Waals surface area contributed by atoms with Crippen molar-refractivity contribution >= 4 is 30.7 Å². The Kier molecular flexibility index (Phi) is 6.94. The highest BCUT2D eigenvalue weighted by Crippen LogP contribution is 1.91. The summed E-state index contributed by atoms with van der Waals surface area (Å²) in [4.78, 5) is 14.1. The Bertz CT molecular complexity index is 215. The second-order valence-electron chi connectivity index (χ2n) is 1.61. The minimum Gasteiger partial charge on any atom is -0.366 e. The van der Waals surface area contributed by atoms with Gasteiger partial charge in [0.15, 0.2) is 0 Å². The molecule has 1 aromatic rings. The summed E-state index contributed by atoms with van der Waals surface area (Å²) in [5, 5.41) is 0. The Morgan fingerprint density at radius 3 is 2.36 bits per heavy atom. The molecular weight excluding hydrogens is 187 g/mol. The van der Waals surface area contributed by atoms with Gasteiger partial charge < -0.3 is 5.73 Å². The summed E-state index contributed by atoms with van der Waals surface area (Å²) in [5.41, 5.74) is 5.38. The highest BCUT2D eigenvalue weighted by atomic mass is 35.5. The molecule has 0 fully saturated rings. The van der Waals surface area contributed by atoms with E-state index in [0.717, 1.165) is 0 Å². The van der Waals surface area contributed by atoms with Gasteiger partial charge in [0, 0.05) is 12.4 Å². The molecule has 0 bridgehead atoms. The molecule has 2 N–H and O–H groups in total. The van der Waals surface area contributed by atoms with Crippen molar-refractivity contribution in [1.29, 1.82) is 0 Å². The van der Waals surface area contributed by atoms with Gasteiger partial charge in [-0.25, -0.2) is 0 Å². The number of pyridine rings is 1. The summed E-state index contributed by atoms with van der Waals surface area (Å²) >= 11 is 0. The lowest BCUT2D eigenvalue weighted by Crippen LogP contribution is -2.10. The molecule has 0 aromatic carbocycles. The molecule has 0 atom stereocenters. The van der Waals surface area contributed by atoms with Crippen LogP contribution >= 0.6 is 24.8 Å². The van der Waals surface area contributed by atoms with Crippen LogP contribution in [0.15, 0.2) is 24.5 Å². The average Bonchev–Trinajstić information content (AvgIpc) is 1.90. The van der Waals surface area contributed by atoms with Gasteiger partial charge in [-0.1, -0.05) is 0 Å². The first-order valence-electron chi connectivity index (χ1n) is 2.50. The number of hydrogen-bond acceptors (Lipinski definition) is 2. The third kappa shape index (κ3) is 3.80. The van der Waals surface area contributed by atoms with Gasteiger partial charge in [-0.05, 0) is 12.1 Å². The zero-order chi connectivity index (χ0) is 6.69. The first kappa shape index (κ1) is 12.8. The molecule has 0 saturated carbocycles. The van der Waals surface area contributed by atoms with Crippen LogP contribution in [0.1, 0.15) is 10.4 Å². The molecule has 3 nitrogen and oxygen atoms in total. The number of primary amides is 1. The molecular formula is C6H8Cl2N2O. The van der Waals surface area contributed by atoms with Gasteiger partial charge in [0.05, 0.1) is 5.56 Å². The highest BCUT2D eigenvalue weighted by molar-refractivity contribution is 5.92. The Hall–Kier alpha value is -0.800. The molecule has 0 aliphatic heterocycles. The zero-order valence-corrected chi connectivity index (χ0v) is 7.19. The summed E-state index contributed by atoms with van der Waals surface area (Å²) in [6, 6.07) is 3.29. The van der Waals surface area contributed by atoms with Gasteiger partial charge in [-0.15, -0.1) is 24.8 Å². The minimum absolute atomic E-state index is 0. The van der Waals surface area contributed by atoms with E-state index in [4.69, 9.17) is 5.73 Å². The lowest BCUT2D eigenvalue weighted by atomic mass is 10.3. The molecule has 1 amide bonds. The predicted molar refractivity (Wildman–Crippen MR) is 47.3 cm³/mol. The van der Waals surface area contributed by atoms with E-state index >= 15 is 0 Å². The number of nitrogens with zero attached hydrogens (tertiary/aromatic N) is 1. The van der Waals surface area contributed by atoms with Gasteiger partial charge in [0.1, 0.15) is 0 Å². The largest absolute Gasteiger partial charge is 0.366 e.